The largest absolute Gasteiger partial charge is 0.481 e. The normalized spacial score (nSPS) is 25.9. The number of carboxylic acids is 2. The summed E-state index contributed by atoms with van der Waals surface area (Å²) in [6, 6.07) is 0. The molecule has 0 aliphatic heterocycles. The standard InChI is InChI=1S/C15H24O4/c1-10(4-3-5-11(2)14(16)17)12-6-8-13(9-7-12)15(18)19/h4,11-13H,3,5-9H2,1-2H3,(H,16,17)(H,18,19)/b10-4+/t11-,12?,13?/m0/s1. The van der Waals surface area contributed by atoms with E-state index in [4.69, 9.17) is 10.2 Å². The summed E-state index contributed by atoms with van der Waals surface area (Å²) >= 11 is 0. The zero-order chi connectivity index (χ0) is 14.4. The van der Waals surface area contributed by atoms with Gasteiger partial charge in [0.1, 0.15) is 0 Å². The molecule has 19 heavy (non-hydrogen) atoms. The van der Waals surface area contributed by atoms with Crippen molar-refractivity contribution < 1.29 is 19.8 Å². The van der Waals surface area contributed by atoms with Crippen molar-refractivity contribution in [2.45, 2.75) is 52.4 Å². The smallest absolute Gasteiger partial charge is 0.306 e. The van der Waals surface area contributed by atoms with Crippen LogP contribution in [0, 0.1) is 17.8 Å². The molecule has 0 unspecified atom stereocenters. The van der Waals surface area contributed by atoms with Crippen LogP contribution in [-0.4, -0.2) is 22.2 Å². The third kappa shape index (κ3) is 5.05. The second-order valence-electron chi connectivity index (χ2n) is 5.65. The van der Waals surface area contributed by atoms with Crippen molar-refractivity contribution in [3.63, 3.8) is 0 Å². The molecule has 2 N–H and O–H groups in total. The third-order valence-corrected chi connectivity index (χ3v) is 4.21. The van der Waals surface area contributed by atoms with Crippen molar-refractivity contribution in [2.24, 2.45) is 17.8 Å². The molecule has 4 nitrogen and oxygen atoms in total. The summed E-state index contributed by atoms with van der Waals surface area (Å²) in [4.78, 5) is 21.6. The lowest BCUT2D eigenvalue weighted by molar-refractivity contribution is -0.143. The summed E-state index contributed by atoms with van der Waals surface area (Å²) in [5.41, 5.74) is 1.29. The predicted octanol–water partition coefficient (Wildman–Crippen LogP) is 3.32. The molecule has 0 saturated heterocycles. The second-order valence-corrected chi connectivity index (χ2v) is 5.65. The highest BCUT2D eigenvalue weighted by atomic mass is 16.4. The van der Waals surface area contributed by atoms with E-state index in [2.05, 4.69) is 13.0 Å². The topological polar surface area (TPSA) is 74.6 Å². The molecule has 4 heteroatoms. The van der Waals surface area contributed by atoms with Crippen LogP contribution < -0.4 is 0 Å². The molecule has 0 bridgehead atoms. The predicted molar refractivity (Wildman–Crippen MR) is 72.9 cm³/mol. The monoisotopic (exact) mass is 268 g/mol. The second kappa shape index (κ2) is 7.31. The van der Waals surface area contributed by atoms with Gasteiger partial charge in [0, 0.05) is 0 Å². The van der Waals surface area contributed by atoms with Crippen LogP contribution in [-0.2, 0) is 9.59 Å². The molecule has 1 aliphatic carbocycles. The summed E-state index contributed by atoms with van der Waals surface area (Å²) in [6.45, 7) is 3.81. The van der Waals surface area contributed by atoms with Crippen LogP contribution >= 0.6 is 0 Å². The maximum absolute atomic E-state index is 10.9. The highest BCUT2D eigenvalue weighted by Crippen LogP contribution is 2.33. The van der Waals surface area contributed by atoms with Crippen LogP contribution in [0.2, 0.25) is 0 Å². The number of aliphatic carboxylic acids is 2. The van der Waals surface area contributed by atoms with Gasteiger partial charge in [-0.2, -0.15) is 0 Å². The van der Waals surface area contributed by atoms with Gasteiger partial charge < -0.3 is 10.2 Å². The molecule has 1 atom stereocenters. The van der Waals surface area contributed by atoms with Crippen molar-refractivity contribution in [2.75, 3.05) is 0 Å². The number of hydrogen-bond acceptors (Lipinski definition) is 2. The quantitative estimate of drug-likeness (QED) is 0.725. The first-order chi connectivity index (χ1) is 8.91. The van der Waals surface area contributed by atoms with Gasteiger partial charge in [0.15, 0.2) is 0 Å². The Hall–Kier alpha value is -1.32. The number of carboxylic acid groups (broad SMARTS) is 2. The van der Waals surface area contributed by atoms with Gasteiger partial charge >= 0.3 is 11.9 Å². The van der Waals surface area contributed by atoms with Crippen LogP contribution in [0.1, 0.15) is 52.4 Å². The van der Waals surface area contributed by atoms with Crippen molar-refractivity contribution in [3.05, 3.63) is 11.6 Å². The molecule has 0 aromatic rings. The molecule has 0 amide bonds. The van der Waals surface area contributed by atoms with Crippen LogP contribution in [0.25, 0.3) is 0 Å². The Bertz CT molecular complexity index is 351. The minimum absolute atomic E-state index is 0.170. The van der Waals surface area contributed by atoms with E-state index in [1.54, 1.807) is 6.92 Å². The van der Waals surface area contributed by atoms with E-state index in [-0.39, 0.29) is 11.8 Å². The minimum atomic E-state index is -0.743. The van der Waals surface area contributed by atoms with E-state index >= 15 is 0 Å². The Morgan fingerprint density at radius 2 is 1.68 bits per heavy atom. The first-order valence-electron chi connectivity index (χ1n) is 7.04. The summed E-state index contributed by atoms with van der Waals surface area (Å²) in [6.07, 6.45) is 6.98. The van der Waals surface area contributed by atoms with E-state index in [0.29, 0.717) is 12.3 Å². The van der Waals surface area contributed by atoms with Gasteiger partial charge in [-0.1, -0.05) is 18.6 Å². The highest BCUT2D eigenvalue weighted by Gasteiger charge is 2.26. The third-order valence-electron chi connectivity index (χ3n) is 4.21. The van der Waals surface area contributed by atoms with E-state index < -0.39 is 11.9 Å². The summed E-state index contributed by atoms with van der Waals surface area (Å²) in [7, 11) is 0. The number of allylic oxidation sites excluding steroid dienone is 2. The number of rotatable bonds is 6. The lowest BCUT2D eigenvalue weighted by Crippen LogP contribution is -2.21. The maximum atomic E-state index is 10.9. The molecule has 0 aromatic carbocycles. The van der Waals surface area contributed by atoms with Gasteiger partial charge in [-0.05, 0) is 51.4 Å². The van der Waals surface area contributed by atoms with Gasteiger partial charge in [-0.25, -0.2) is 0 Å². The Labute approximate surface area is 114 Å². The highest BCUT2D eigenvalue weighted by molar-refractivity contribution is 5.70. The summed E-state index contributed by atoms with van der Waals surface area (Å²) in [5, 5.41) is 17.7. The van der Waals surface area contributed by atoms with Crippen LogP contribution in [0.4, 0.5) is 0 Å². The molecular weight excluding hydrogens is 244 g/mol. The van der Waals surface area contributed by atoms with E-state index in [1.165, 1.54) is 5.57 Å². The summed E-state index contributed by atoms with van der Waals surface area (Å²) < 4.78 is 0. The Morgan fingerprint density at radius 3 is 2.16 bits per heavy atom. The lowest BCUT2D eigenvalue weighted by Gasteiger charge is -2.26. The molecule has 0 radical (unpaired) electrons. The lowest BCUT2D eigenvalue weighted by atomic mass is 9.78. The Morgan fingerprint density at radius 1 is 1.16 bits per heavy atom. The summed E-state index contributed by atoms with van der Waals surface area (Å²) in [5.74, 6) is -1.40. The van der Waals surface area contributed by atoms with Gasteiger partial charge in [-0.3, -0.25) is 9.59 Å². The molecule has 0 aromatic heterocycles. The van der Waals surface area contributed by atoms with E-state index in [9.17, 15) is 9.59 Å². The molecule has 1 saturated carbocycles. The van der Waals surface area contributed by atoms with Gasteiger partial charge in [0.25, 0.3) is 0 Å². The van der Waals surface area contributed by atoms with Gasteiger partial charge in [0.2, 0.25) is 0 Å². The van der Waals surface area contributed by atoms with Gasteiger partial charge in [0.05, 0.1) is 11.8 Å². The van der Waals surface area contributed by atoms with Crippen molar-refractivity contribution in [1.29, 1.82) is 0 Å². The van der Waals surface area contributed by atoms with Crippen LogP contribution in [0.5, 0.6) is 0 Å². The zero-order valence-corrected chi connectivity index (χ0v) is 11.8. The molecule has 0 heterocycles. The fourth-order valence-electron chi connectivity index (χ4n) is 2.65. The van der Waals surface area contributed by atoms with Gasteiger partial charge in [-0.15, -0.1) is 0 Å². The van der Waals surface area contributed by atoms with Crippen molar-refractivity contribution >= 4 is 11.9 Å². The molecular formula is C15H24O4. The van der Waals surface area contributed by atoms with Crippen LogP contribution in [0.3, 0.4) is 0 Å². The fraction of sp³-hybridized carbons (Fsp3) is 0.733. The number of carbonyl (C=O) groups is 2. The first kappa shape index (κ1) is 15.7. The molecule has 1 aliphatic rings. The van der Waals surface area contributed by atoms with E-state index in [1.807, 2.05) is 0 Å². The molecule has 1 fully saturated rings. The SMILES string of the molecule is C/C(=C\CC[C@H](C)C(=O)O)C1CCC(C(=O)O)CC1. The fourth-order valence-corrected chi connectivity index (χ4v) is 2.65. The van der Waals surface area contributed by atoms with Crippen molar-refractivity contribution in [1.82, 2.24) is 0 Å². The molecule has 0 spiro atoms. The number of hydrogen-bond donors (Lipinski definition) is 2. The Balaban J connectivity index is 2.36. The van der Waals surface area contributed by atoms with Crippen molar-refractivity contribution in [3.8, 4) is 0 Å². The van der Waals surface area contributed by atoms with Crippen LogP contribution in [0.15, 0.2) is 11.6 Å². The Kier molecular flexibility index (Phi) is 6.06. The van der Waals surface area contributed by atoms with E-state index in [0.717, 1.165) is 32.1 Å². The zero-order valence-electron chi connectivity index (χ0n) is 11.8. The average Bonchev–Trinajstić information content (AvgIpc) is 2.38. The average molecular weight is 268 g/mol. The minimum Gasteiger partial charge on any atom is -0.481 e. The molecule has 108 valence electrons. The molecule has 1 rings (SSSR count). The first-order valence-corrected chi connectivity index (χ1v) is 7.04. The maximum Gasteiger partial charge on any atom is 0.306 e.